The summed E-state index contributed by atoms with van der Waals surface area (Å²) in [4.78, 5) is 4.09. The minimum absolute atomic E-state index is 0.349. The van der Waals surface area contributed by atoms with Gasteiger partial charge in [-0.2, -0.15) is 0 Å². The van der Waals surface area contributed by atoms with Gasteiger partial charge in [-0.3, -0.25) is 0 Å². The maximum absolute atomic E-state index is 6.22. The highest BCUT2D eigenvalue weighted by Gasteiger charge is 2.12. The second-order valence-corrected chi connectivity index (χ2v) is 5.86. The van der Waals surface area contributed by atoms with Crippen molar-refractivity contribution in [3.05, 3.63) is 34.5 Å². The molecule has 5 heteroatoms. The summed E-state index contributed by atoms with van der Waals surface area (Å²) in [7, 11) is 0. The molecule has 0 bridgehead atoms. The van der Waals surface area contributed by atoms with Crippen LogP contribution in [0.4, 0.5) is 5.00 Å². The molecule has 0 aliphatic rings. The van der Waals surface area contributed by atoms with E-state index in [4.69, 9.17) is 22.1 Å². The van der Waals surface area contributed by atoms with Gasteiger partial charge in [-0.05, 0) is 36.1 Å². The van der Waals surface area contributed by atoms with Crippen LogP contribution in [0.1, 0.15) is 30.9 Å². The zero-order chi connectivity index (χ0) is 13.3. The fourth-order valence-corrected chi connectivity index (χ4v) is 2.61. The summed E-state index contributed by atoms with van der Waals surface area (Å²) in [5, 5.41) is 1.96. The van der Waals surface area contributed by atoms with Gasteiger partial charge in [0.2, 0.25) is 0 Å². The molecular formula is C13H15ClN2OS. The first kappa shape index (κ1) is 13.2. The van der Waals surface area contributed by atoms with Crippen LogP contribution in [0.3, 0.4) is 0 Å². The average Bonchev–Trinajstić information content (AvgIpc) is 2.67. The molecule has 0 saturated carbocycles. The summed E-state index contributed by atoms with van der Waals surface area (Å²) in [6.07, 6.45) is 1.59. The molecule has 96 valence electrons. The van der Waals surface area contributed by atoms with E-state index < -0.39 is 0 Å². The standard InChI is InChI=1S/C13H15ClN2OS/c1-7(2)9-5-11(8(3)4-10(9)14)17-13-16-6-12(15)18-13/h4-7H,15H2,1-3H3. The van der Waals surface area contributed by atoms with Gasteiger partial charge in [-0.1, -0.05) is 36.8 Å². The van der Waals surface area contributed by atoms with Crippen LogP contribution in [0.2, 0.25) is 5.02 Å². The summed E-state index contributed by atoms with van der Waals surface area (Å²) in [6, 6.07) is 3.89. The number of hydrogen-bond donors (Lipinski definition) is 1. The second kappa shape index (κ2) is 5.16. The Morgan fingerprint density at radius 2 is 2.11 bits per heavy atom. The number of rotatable bonds is 3. The number of anilines is 1. The third-order valence-corrected chi connectivity index (χ3v) is 3.65. The SMILES string of the molecule is Cc1cc(Cl)c(C(C)C)cc1Oc1ncc(N)s1. The molecule has 0 aliphatic heterocycles. The van der Waals surface area contributed by atoms with Gasteiger partial charge < -0.3 is 10.5 Å². The smallest absolute Gasteiger partial charge is 0.280 e. The highest BCUT2D eigenvalue weighted by atomic mass is 35.5. The van der Waals surface area contributed by atoms with Crippen LogP contribution in [0.5, 0.6) is 10.9 Å². The Morgan fingerprint density at radius 1 is 1.39 bits per heavy atom. The van der Waals surface area contributed by atoms with Crippen molar-refractivity contribution in [2.24, 2.45) is 0 Å². The highest BCUT2D eigenvalue weighted by molar-refractivity contribution is 7.17. The van der Waals surface area contributed by atoms with Crippen LogP contribution in [0, 0.1) is 6.92 Å². The topological polar surface area (TPSA) is 48.1 Å². The zero-order valence-corrected chi connectivity index (χ0v) is 12.1. The maximum Gasteiger partial charge on any atom is 0.280 e. The monoisotopic (exact) mass is 282 g/mol. The molecule has 2 N–H and O–H groups in total. The molecule has 1 aromatic heterocycles. The fraction of sp³-hybridized carbons (Fsp3) is 0.308. The predicted octanol–water partition coefficient (Wildman–Crippen LogP) is 4.60. The van der Waals surface area contributed by atoms with Crippen molar-refractivity contribution in [3.63, 3.8) is 0 Å². The predicted molar refractivity (Wildman–Crippen MR) is 76.9 cm³/mol. The first-order valence-electron chi connectivity index (χ1n) is 5.66. The van der Waals surface area contributed by atoms with Gasteiger partial charge in [0.25, 0.3) is 5.19 Å². The van der Waals surface area contributed by atoms with E-state index in [1.807, 2.05) is 19.1 Å². The van der Waals surface area contributed by atoms with Crippen LogP contribution in [0.15, 0.2) is 18.3 Å². The molecule has 0 spiro atoms. The highest BCUT2D eigenvalue weighted by Crippen LogP contribution is 2.35. The third kappa shape index (κ3) is 2.76. The summed E-state index contributed by atoms with van der Waals surface area (Å²) in [5.41, 5.74) is 7.68. The van der Waals surface area contributed by atoms with E-state index in [0.29, 0.717) is 16.1 Å². The largest absolute Gasteiger partial charge is 0.431 e. The zero-order valence-electron chi connectivity index (χ0n) is 10.5. The molecule has 1 heterocycles. The minimum Gasteiger partial charge on any atom is -0.431 e. The summed E-state index contributed by atoms with van der Waals surface area (Å²) in [6.45, 7) is 6.16. The molecule has 0 amide bonds. The molecule has 0 aliphatic carbocycles. The molecule has 0 atom stereocenters. The van der Waals surface area contributed by atoms with E-state index in [0.717, 1.165) is 21.9 Å². The van der Waals surface area contributed by atoms with Gasteiger partial charge in [0.05, 0.1) is 6.20 Å². The first-order valence-corrected chi connectivity index (χ1v) is 6.86. The lowest BCUT2D eigenvalue weighted by molar-refractivity contribution is 0.474. The summed E-state index contributed by atoms with van der Waals surface area (Å²) < 4.78 is 5.74. The lowest BCUT2D eigenvalue weighted by Crippen LogP contribution is -1.94. The molecular weight excluding hydrogens is 268 g/mol. The van der Waals surface area contributed by atoms with Gasteiger partial charge in [0, 0.05) is 5.02 Å². The lowest BCUT2D eigenvalue weighted by Gasteiger charge is -2.13. The van der Waals surface area contributed by atoms with Crippen molar-refractivity contribution in [3.8, 4) is 10.9 Å². The number of aromatic nitrogens is 1. The Morgan fingerprint density at radius 3 is 2.67 bits per heavy atom. The number of benzene rings is 1. The Hall–Kier alpha value is -1.26. The van der Waals surface area contributed by atoms with E-state index in [2.05, 4.69) is 18.8 Å². The Labute approximate surface area is 116 Å². The van der Waals surface area contributed by atoms with Gasteiger partial charge >= 0.3 is 0 Å². The number of hydrogen-bond acceptors (Lipinski definition) is 4. The second-order valence-electron chi connectivity index (χ2n) is 4.42. The van der Waals surface area contributed by atoms with E-state index in [-0.39, 0.29) is 0 Å². The van der Waals surface area contributed by atoms with E-state index in [9.17, 15) is 0 Å². The van der Waals surface area contributed by atoms with Crippen molar-refractivity contribution in [1.29, 1.82) is 0 Å². The van der Waals surface area contributed by atoms with Gasteiger partial charge in [-0.25, -0.2) is 4.98 Å². The number of nitrogens with two attached hydrogens (primary N) is 1. The molecule has 3 nitrogen and oxygen atoms in total. The van der Waals surface area contributed by atoms with E-state index >= 15 is 0 Å². The molecule has 1 aromatic carbocycles. The van der Waals surface area contributed by atoms with Gasteiger partial charge in [0.15, 0.2) is 0 Å². The maximum atomic E-state index is 6.22. The van der Waals surface area contributed by atoms with Crippen LogP contribution in [-0.2, 0) is 0 Å². The van der Waals surface area contributed by atoms with Gasteiger partial charge in [0.1, 0.15) is 10.8 Å². The van der Waals surface area contributed by atoms with Gasteiger partial charge in [-0.15, -0.1) is 0 Å². The molecule has 0 radical (unpaired) electrons. The number of thiazole rings is 1. The normalized spacial score (nSPS) is 10.9. The Balaban J connectivity index is 2.35. The number of aryl methyl sites for hydroxylation is 1. The lowest BCUT2D eigenvalue weighted by atomic mass is 10.0. The number of halogens is 1. The van der Waals surface area contributed by atoms with Crippen molar-refractivity contribution in [2.75, 3.05) is 5.73 Å². The molecule has 2 rings (SSSR count). The van der Waals surface area contributed by atoms with Crippen LogP contribution < -0.4 is 10.5 Å². The number of nitrogens with zero attached hydrogens (tertiary/aromatic N) is 1. The molecule has 0 saturated heterocycles. The van der Waals surface area contributed by atoms with Crippen LogP contribution in [-0.4, -0.2) is 4.98 Å². The number of nitrogen functional groups attached to an aromatic ring is 1. The summed E-state index contributed by atoms with van der Waals surface area (Å²) in [5.74, 6) is 1.12. The van der Waals surface area contributed by atoms with Crippen LogP contribution >= 0.6 is 22.9 Å². The molecule has 2 aromatic rings. The van der Waals surface area contributed by atoms with E-state index in [1.165, 1.54) is 11.3 Å². The van der Waals surface area contributed by atoms with E-state index in [1.54, 1.807) is 6.20 Å². The quantitative estimate of drug-likeness (QED) is 0.895. The Bertz CT molecular complexity index is 566. The minimum atomic E-state index is 0.349. The van der Waals surface area contributed by atoms with Crippen LogP contribution in [0.25, 0.3) is 0 Å². The number of ether oxygens (including phenoxy) is 1. The molecule has 18 heavy (non-hydrogen) atoms. The third-order valence-electron chi connectivity index (χ3n) is 2.62. The molecule has 0 fully saturated rings. The fourth-order valence-electron chi connectivity index (χ4n) is 1.63. The first-order chi connectivity index (χ1) is 8.47. The summed E-state index contributed by atoms with van der Waals surface area (Å²) >= 11 is 7.54. The Kier molecular flexibility index (Phi) is 3.78. The van der Waals surface area contributed by atoms with Crippen molar-refractivity contribution < 1.29 is 4.74 Å². The van der Waals surface area contributed by atoms with Crippen molar-refractivity contribution in [2.45, 2.75) is 26.7 Å². The average molecular weight is 283 g/mol. The van der Waals surface area contributed by atoms with Crippen molar-refractivity contribution in [1.82, 2.24) is 4.98 Å². The van der Waals surface area contributed by atoms with Crippen molar-refractivity contribution >= 4 is 27.9 Å². The molecule has 0 unspecified atom stereocenters.